The summed E-state index contributed by atoms with van der Waals surface area (Å²) in [5, 5.41) is 5.24. The summed E-state index contributed by atoms with van der Waals surface area (Å²) in [6, 6.07) is 15.3. The number of hydrogen-bond donors (Lipinski definition) is 1. The van der Waals surface area contributed by atoms with E-state index in [1.54, 1.807) is 12.1 Å². The number of hydrogen-bond acceptors (Lipinski definition) is 5. The van der Waals surface area contributed by atoms with Gasteiger partial charge < -0.3 is 9.64 Å². The molecule has 0 aliphatic carbocycles. The van der Waals surface area contributed by atoms with E-state index in [0.717, 1.165) is 41.9 Å². The molecule has 1 aliphatic heterocycles. The van der Waals surface area contributed by atoms with Crippen LogP contribution in [0.2, 0.25) is 0 Å². The maximum Gasteiger partial charge on any atom is 0.264 e. The van der Waals surface area contributed by atoms with Crippen LogP contribution in [-0.2, 0) is 16.0 Å². The fraction of sp³-hybridized carbons (Fsp3) is 0.261. The van der Waals surface area contributed by atoms with Crippen molar-refractivity contribution < 1.29 is 14.3 Å². The lowest BCUT2D eigenvalue weighted by molar-refractivity contribution is -0.119. The van der Waals surface area contributed by atoms with Crippen molar-refractivity contribution in [1.29, 1.82) is 0 Å². The highest BCUT2D eigenvalue weighted by Gasteiger charge is 2.24. The third-order valence-corrected chi connectivity index (χ3v) is 5.66. The maximum atomic E-state index is 12.3. The molecule has 1 aliphatic rings. The first-order chi connectivity index (χ1) is 14.6. The molecule has 0 fully saturated rings. The number of fused-ring (bicyclic) bond motifs is 1. The Kier molecular flexibility index (Phi) is 6.09. The van der Waals surface area contributed by atoms with E-state index < -0.39 is 0 Å². The lowest BCUT2D eigenvalue weighted by Crippen LogP contribution is -2.28. The quantitative estimate of drug-likeness (QED) is 0.609. The lowest BCUT2D eigenvalue weighted by atomic mass is 10.1. The molecule has 0 bridgehead atoms. The number of carbonyl (C=O) groups excluding carboxylic acids is 2. The van der Waals surface area contributed by atoms with E-state index in [1.165, 1.54) is 11.3 Å². The van der Waals surface area contributed by atoms with Crippen LogP contribution in [-0.4, -0.2) is 29.9 Å². The Labute approximate surface area is 179 Å². The summed E-state index contributed by atoms with van der Waals surface area (Å²) >= 11 is 1.38. The smallest absolute Gasteiger partial charge is 0.264 e. The van der Waals surface area contributed by atoms with Gasteiger partial charge in [0.15, 0.2) is 11.7 Å². The Morgan fingerprint density at radius 1 is 1.20 bits per heavy atom. The van der Waals surface area contributed by atoms with Crippen molar-refractivity contribution in [2.24, 2.45) is 0 Å². The fourth-order valence-electron chi connectivity index (χ4n) is 3.45. The van der Waals surface area contributed by atoms with Gasteiger partial charge in [0.25, 0.3) is 5.91 Å². The molecular weight excluding hydrogens is 398 g/mol. The largest absolute Gasteiger partial charge is 0.484 e. The van der Waals surface area contributed by atoms with Crippen molar-refractivity contribution in [1.82, 2.24) is 4.98 Å². The van der Waals surface area contributed by atoms with Crippen molar-refractivity contribution in [3.63, 3.8) is 0 Å². The number of nitrogens with zero attached hydrogens (tertiary/aromatic N) is 2. The SMILES string of the molecule is CCCC(=O)N1CCc2cc(-c3csc(NC(=O)COc4ccccc4)n3)ccc21. The first-order valence-corrected chi connectivity index (χ1v) is 10.9. The summed E-state index contributed by atoms with van der Waals surface area (Å²) in [7, 11) is 0. The summed E-state index contributed by atoms with van der Waals surface area (Å²) < 4.78 is 5.46. The van der Waals surface area contributed by atoms with Gasteiger partial charge in [-0.25, -0.2) is 4.98 Å². The Hall–Kier alpha value is -3.19. The predicted octanol–water partition coefficient (Wildman–Crippen LogP) is 4.52. The highest BCUT2D eigenvalue weighted by Crippen LogP contribution is 2.33. The Morgan fingerprint density at radius 3 is 2.83 bits per heavy atom. The summed E-state index contributed by atoms with van der Waals surface area (Å²) in [6.07, 6.45) is 2.28. The van der Waals surface area contributed by atoms with E-state index in [4.69, 9.17) is 4.74 Å². The highest BCUT2D eigenvalue weighted by atomic mass is 32.1. The molecule has 0 saturated carbocycles. The van der Waals surface area contributed by atoms with E-state index >= 15 is 0 Å². The average Bonchev–Trinajstić information content (AvgIpc) is 3.40. The van der Waals surface area contributed by atoms with Crippen molar-refractivity contribution >= 4 is 34.0 Å². The van der Waals surface area contributed by atoms with E-state index in [-0.39, 0.29) is 18.4 Å². The number of carbonyl (C=O) groups is 2. The van der Waals surface area contributed by atoms with Crippen LogP contribution in [0.1, 0.15) is 25.3 Å². The Balaban J connectivity index is 1.39. The second kappa shape index (κ2) is 9.09. The first-order valence-electron chi connectivity index (χ1n) is 10.0. The monoisotopic (exact) mass is 421 g/mol. The van der Waals surface area contributed by atoms with Gasteiger partial charge in [-0.1, -0.05) is 31.2 Å². The molecule has 154 valence electrons. The fourth-order valence-corrected chi connectivity index (χ4v) is 4.19. The molecule has 2 heterocycles. The molecule has 3 aromatic rings. The molecule has 2 aromatic carbocycles. The molecule has 0 atom stereocenters. The van der Waals surface area contributed by atoms with Gasteiger partial charge in [-0.2, -0.15) is 0 Å². The molecule has 1 aromatic heterocycles. The van der Waals surface area contributed by atoms with Crippen LogP contribution in [0.25, 0.3) is 11.3 Å². The van der Waals surface area contributed by atoms with E-state index in [2.05, 4.69) is 16.4 Å². The summed E-state index contributed by atoms with van der Waals surface area (Å²) in [4.78, 5) is 30.8. The van der Waals surface area contributed by atoms with Crippen LogP contribution in [0.4, 0.5) is 10.8 Å². The Bertz CT molecular complexity index is 1050. The minimum absolute atomic E-state index is 0.0700. The van der Waals surface area contributed by atoms with Gasteiger partial charge in [-0.15, -0.1) is 11.3 Å². The van der Waals surface area contributed by atoms with Gasteiger partial charge >= 0.3 is 0 Å². The van der Waals surface area contributed by atoms with Gasteiger partial charge in [0.1, 0.15) is 5.75 Å². The molecular formula is C23H23N3O3S. The molecule has 30 heavy (non-hydrogen) atoms. The van der Waals surface area contributed by atoms with Crippen molar-refractivity contribution in [3.8, 4) is 17.0 Å². The second-order valence-electron chi connectivity index (χ2n) is 7.08. The standard InChI is InChI=1S/C23H23N3O3S/c1-2-6-22(28)26-12-11-17-13-16(9-10-20(17)26)19-15-30-23(24-19)25-21(27)14-29-18-7-4-3-5-8-18/h3-5,7-10,13,15H,2,6,11-12,14H2,1H3,(H,24,25,27). The topological polar surface area (TPSA) is 71.5 Å². The van der Waals surface area contributed by atoms with Crippen molar-refractivity contribution in [2.45, 2.75) is 26.2 Å². The van der Waals surface area contributed by atoms with Crippen LogP contribution in [0.15, 0.2) is 53.9 Å². The number of rotatable bonds is 7. The zero-order valence-electron chi connectivity index (χ0n) is 16.8. The van der Waals surface area contributed by atoms with Gasteiger partial charge in [-0.3, -0.25) is 14.9 Å². The predicted molar refractivity (Wildman–Crippen MR) is 119 cm³/mol. The number of para-hydroxylation sites is 1. The van der Waals surface area contributed by atoms with Crippen LogP contribution < -0.4 is 15.0 Å². The number of aromatic nitrogens is 1. The van der Waals surface area contributed by atoms with Gasteiger partial charge in [0.05, 0.1) is 5.69 Å². The Morgan fingerprint density at radius 2 is 2.03 bits per heavy atom. The third kappa shape index (κ3) is 4.52. The van der Waals surface area contributed by atoms with E-state index in [9.17, 15) is 9.59 Å². The second-order valence-corrected chi connectivity index (χ2v) is 7.93. The number of anilines is 2. The summed E-state index contributed by atoms with van der Waals surface area (Å²) in [5.74, 6) is 0.580. The van der Waals surface area contributed by atoms with Gasteiger partial charge in [0.2, 0.25) is 5.91 Å². The minimum Gasteiger partial charge on any atom is -0.484 e. The minimum atomic E-state index is -0.251. The van der Waals surface area contributed by atoms with Crippen LogP contribution in [0.3, 0.4) is 0 Å². The van der Waals surface area contributed by atoms with Crippen molar-refractivity contribution in [2.75, 3.05) is 23.4 Å². The van der Waals surface area contributed by atoms with Crippen LogP contribution in [0.5, 0.6) is 5.75 Å². The van der Waals surface area contributed by atoms with Gasteiger partial charge in [-0.05, 0) is 42.7 Å². The maximum absolute atomic E-state index is 12.3. The zero-order chi connectivity index (χ0) is 20.9. The summed E-state index contributed by atoms with van der Waals surface area (Å²) in [5.41, 5.74) is 3.95. The first kappa shape index (κ1) is 20.1. The number of thiazole rings is 1. The molecule has 1 N–H and O–H groups in total. The lowest BCUT2D eigenvalue weighted by Gasteiger charge is -2.17. The van der Waals surface area contributed by atoms with Crippen LogP contribution >= 0.6 is 11.3 Å². The molecule has 2 amide bonds. The number of amides is 2. The number of benzene rings is 2. The number of ether oxygens (including phenoxy) is 1. The van der Waals surface area contributed by atoms with Gasteiger partial charge in [0, 0.05) is 29.6 Å². The highest BCUT2D eigenvalue weighted by molar-refractivity contribution is 7.14. The molecule has 6 nitrogen and oxygen atoms in total. The van der Waals surface area contributed by atoms with E-state index in [0.29, 0.717) is 17.3 Å². The molecule has 0 spiro atoms. The molecule has 0 unspecified atom stereocenters. The third-order valence-electron chi connectivity index (χ3n) is 4.90. The van der Waals surface area contributed by atoms with Crippen LogP contribution in [0, 0.1) is 0 Å². The number of nitrogens with one attached hydrogen (secondary N) is 1. The molecule has 4 rings (SSSR count). The van der Waals surface area contributed by atoms with E-state index in [1.807, 2.05) is 47.5 Å². The average molecular weight is 422 g/mol. The molecule has 0 saturated heterocycles. The molecule has 7 heteroatoms. The summed E-state index contributed by atoms with van der Waals surface area (Å²) in [6.45, 7) is 2.68. The van der Waals surface area contributed by atoms with Crippen molar-refractivity contribution in [3.05, 3.63) is 59.5 Å². The molecule has 0 radical (unpaired) electrons. The normalized spacial score (nSPS) is 12.5. The zero-order valence-corrected chi connectivity index (χ0v) is 17.6.